The first-order valence-corrected chi connectivity index (χ1v) is 10.3. The first kappa shape index (κ1) is 17.3. The molecule has 1 unspecified atom stereocenters. The van der Waals surface area contributed by atoms with E-state index in [0.717, 1.165) is 39.4 Å². The van der Waals surface area contributed by atoms with Gasteiger partial charge in [-0.15, -0.1) is 0 Å². The first-order chi connectivity index (χ1) is 13.6. The second kappa shape index (κ2) is 6.63. The fourth-order valence-electron chi connectivity index (χ4n) is 3.77. The highest BCUT2D eigenvalue weighted by molar-refractivity contribution is 8.13. The fraction of sp³-hybridized carbons (Fsp3) is 0.227. The van der Waals surface area contributed by atoms with Crippen LogP contribution in [0.4, 0.5) is 5.69 Å². The molecule has 5 nitrogen and oxygen atoms in total. The minimum atomic E-state index is -0.315. The summed E-state index contributed by atoms with van der Waals surface area (Å²) in [5, 5.41) is 8.37. The molecule has 1 atom stereocenters. The molecular weight excluding hydrogens is 370 g/mol. The van der Waals surface area contributed by atoms with Gasteiger partial charge in [0.05, 0.1) is 11.7 Å². The van der Waals surface area contributed by atoms with Crippen LogP contribution >= 0.6 is 11.8 Å². The minimum absolute atomic E-state index is 0.207. The van der Waals surface area contributed by atoms with Crippen molar-refractivity contribution in [1.29, 1.82) is 0 Å². The van der Waals surface area contributed by atoms with Gasteiger partial charge in [-0.1, -0.05) is 42.1 Å². The van der Waals surface area contributed by atoms with Gasteiger partial charge in [-0.05, 0) is 36.6 Å². The number of nitrogens with zero attached hydrogens (tertiary/aromatic N) is 3. The topological polar surface area (TPSA) is 58.2 Å². The van der Waals surface area contributed by atoms with Crippen LogP contribution in [0.2, 0.25) is 0 Å². The van der Waals surface area contributed by atoms with Gasteiger partial charge in [0.1, 0.15) is 5.58 Å². The van der Waals surface area contributed by atoms with Crippen molar-refractivity contribution in [1.82, 2.24) is 5.01 Å². The summed E-state index contributed by atoms with van der Waals surface area (Å²) in [4.78, 5) is 17.0. The van der Waals surface area contributed by atoms with E-state index in [0.29, 0.717) is 11.3 Å². The smallest absolute Gasteiger partial charge is 0.336 e. The summed E-state index contributed by atoms with van der Waals surface area (Å²) in [7, 11) is 0. The third-order valence-corrected chi connectivity index (χ3v) is 6.40. The van der Waals surface area contributed by atoms with Crippen LogP contribution in [0.3, 0.4) is 0 Å². The van der Waals surface area contributed by atoms with E-state index in [9.17, 15) is 4.79 Å². The molecule has 140 valence electrons. The predicted molar refractivity (Wildman–Crippen MR) is 114 cm³/mol. The molecule has 0 saturated heterocycles. The zero-order valence-electron chi connectivity index (χ0n) is 15.7. The Hall–Kier alpha value is -2.86. The number of hydrazone groups is 1. The van der Waals surface area contributed by atoms with Crippen molar-refractivity contribution in [2.24, 2.45) is 10.1 Å². The third kappa shape index (κ3) is 2.76. The number of rotatable bonds is 2. The fourth-order valence-corrected chi connectivity index (χ4v) is 4.76. The molecule has 0 bridgehead atoms. The number of hydrogen-bond donors (Lipinski definition) is 0. The number of para-hydroxylation sites is 1. The van der Waals surface area contributed by atoms with E-state index in [2.05, 4.69) is 17.2 Å². The highest BCUT2D eigenvalue weighted by Gasteiger charge is 2.32. The zero-order chi connectivity index (χ0) is 19.3. The molecule has 3 heterocycles. The lowest BCUT2D eigenvalue weighted by Crippen LogP contribution is -2.27. The normalized spacial score (nSPS) is 17.6. The van der Waals surface area contributed by atoms with Crippen molar-refractivity contribution >= 4 is 39.8 Å². The molecule has 0 saturated carbocycles. The predicted octanol–water partition coefficient (Wildman–Crippen LogP) is 5.08. The maximum Gasteiger partial charge on any atom is 0.336 e. The van der Waals surface area contributed by atoms with Crippen LogP contribution in [-0.4, -0.2) is 16.4 Å². The van der Waals surface area contributed by atoms with Gasteiger partial charge in [0, 0.05) is 35.4 Å². The Labute approximate surface area is 166 Å². The highest BCUT2D eigenvalue weighted by Crippen LogP contribution is 2.41. The van der Waals surface area contributed by atoms with Crippen molar-refractivity contribution in [3.63, 3.8) is 0 Å². The Morgan fingerprint density at radius 1 is 1.21 bits per heavy atom. The Morgan fingerprint density at radius 2 is 2.07 bits per heavy atom. The van der Waals surface area contributed by atoms with E-state index >= 15 is 0 Å². The Balaban J connectivity index is 1.52. The largest absolute Gasteiger partial charge is 0.422 e. The van der Waals surface area contributed by atoms with E-state index in [1.807, 2.05) is 49.3 Å². The van der Waals surface area contributed by atoms with Gasteiger partial charge in [-0.25, -0.2) is 14.8 Å². The van der Waals surface area contributed by atoms with Gasteiger partial charge in [-0.2, -0.15) is 5.10 Å². The van der Waals surface area contributed by atoms with E-state index < -0.39 is 0 Å². The number of amidine groups is 1. The molecule has 2 aliphatic rings. The number of hydrogen-bond acceptors (Lipinski definition) is 6. The Bertz CT molecular complexity index is 1210. The number of aliphatic imine (C=N–C) groups is 1. The number of benzene rings is 2. The molecule has 0 fully saturated rings. The summed E-state index contributed by atoms with van der Waals surface area (Å²) < 4.78 is 5.49. The zero-order valence-corrected chi connectivity index (χ0v) is 16.5. The van der Waals surface area contributed by atoms with Crippen LogP contribution in [0.15, 0.2) is 61.8 Å². The molecule has 1 aromatic heterocycles. The van der Waals surface area contributed by atoms with Crippen LogP contribution in [0.25, 0.3) is 11.0 Å². The van der Waals surface area contributed by atoms with Crippen molar-refractivity contribution in [3.05, 3.63) is 75.1 Å². The Morgan fingerprint density at radius 3 is 2.96 bits per heavy atom. The molecule has 6 heteroatoms. The molecule has 0 aliphatic carbocycles. The van der Waals surface area contributed by atoms with Crippen molar-refractivity contribution in [3.8, 4) is 0 Å². The summed E-state index contributed by atoms with van der Waals surface area (Å²) >= 11 is 1.61. The van der Waals surface area contributed by atoms with Crippen LogP contribution in [0, 0.1) is 13.8 Å². The number of fused-ring (bicyclic) bond motifs is 4. The average molecular weight is 389 g/mol. The van der Waals surface area contributed by atoms with E-state index in [-0.39, 0.29) is 11.7 Å². The molecule has 2 aliphatic heterocycles. The standard InChI is InChI=1S/C22H19N3O2S/c1-13-7-8-16-15(11-20(26)27-21(16)14(13)2)12-28-22-24-18-6-4-3-5-17(18)19-9-10-23-25(19)22/h3-8,10-11,19H,9,12H2,1-2H3. The minimum Gasteiger partial charge on any atom is -0.422 e. The molecule has 28 heavy (non-hydrogen) atoms. The quantitative estimate of drug-likeness (QED) is 0.574. The maximum atomic E-state index is 12.1. The summed E-state index contributed by atoms with van der Waals surface area (Å²) in [5.41, 5.74) is 5.65. The molecule has 0 amide bonds. The lowest BCUT2D eigenvalue weighted by molar-refractivity contribution is 0.372. The van der Waals surface area contributed by atoms with Gasteiger partial charge in [0.25, 0.3) is 0 Å². The number of aryl methyl sites for hydroxylation is 2. The SMILES string of the molecule is Cc1ccc2c(CSC3=Nc4ccccc4C4CC=NN34)cc(=O)oc2c1C. The molecule has 0 radical (unpaired) electrons. The first-order valence-electron chi connectivity index (χ1n) is 9.27. The van der Waals surface area contributed by atoms with Gasteiger partial charge in [0.15, 0.2) is 5.17 Å². The third-order valence-electron chi connectivity index (χ3n) is 5.41. The maximum absolute atomic E-state index is 12.1. The van der Waals surface area contributed by atoms with Crippen LogP contribution in [0.1, 0.15) is 34.7 Å². The molecular formula is C22H19N3O2S. The molecule has 0 spiro atoms. The average Bonchev–Trinajstić information content (AvgIpc) is 3.19. The summed E-state index contributed by atoms with van der Waals surface area (Å²) in [6, 6.07) is 14.1. The van der Waals surface area contributed by atoms with Gasteiger partial charge < -0.3 is 4.42 Å². The van der Waals surface area contributed by atoms with Crippen molar-refractivity contribution in [2.45, 2.75) is 32.1 Å². The lowest BCUT2D eigenvalue weighted by Gasteiger charge is -2.29. The lowest BCUT2D eigenvalue weighted by atomic mass is 10.0. The van der Waals surface area contributed by atoms with Crippen LogP contribution < -0.4 is 5.63 Å². The second-order valence-corrected chi connectivity index (χ2v) is 8.05. The van der Waals surface area contributed by atoms with Crippen LogP contribution in [-0.2, 0) is 5.75 Å². The molecule has 0 N–H and O–H groups in total. The highest BCUT2D eigenvalue weighted by atomic mass is 32.2. The summed E-state index contributed by atoms with van der Waals surface area (Å²) in [5.74, 6) is 0.629. The molecule has 5 rings (SSSR count). The number of thioether (sulfide) groups is 1. The van der Waals surface area contributed by atoms with E-state index in [1.54, 1.807) is 17.8 Å². The Kier molecular flexibility index (Phi) is 4.09. The summed E-state index contributed by atoms with van der Waals surface area (Å²) in [6.45, 7) is 4.01. The summed E-state index contributed by atoms with van der Waals surface area (Å²) in [6.07, 6.45) is 2.83. The van der Waals surface area contributed by atoms with E-state index in [1.165, 1.54) is 5.56 Å². The van der Waals surface area contributed by atoms with Gasteiger partial charge in [-0.3, -0.25) is 0 Å². The second-order valence-electron chi connectivity index (χ2n) is 7.11. The van der Waals surface area contributed by atoms with Gasteiger partial charge >= 0.3 is 5.63 Å². The van der Waals surface area contributed by atoms with E-state index in [4.69, 9.17) is 9.41 Å². The molecule has 3 aromatic rings. The van der Waals surface area contributed by atoms with Crippen molar-refractivity contribution < 1.29 is 4.42 Å². The van der Waals surface area contributed by atoms with Gasteiger partial charge in [0.2, 0.25) is 0 Å². The monoisotopic (exact) mass is 389 g/mol. The van der Waals surface area contributed by atoms with Crippen LogP contribution in [0.5, 0.6) is 0 Å². The molecule has 2 aromatic carbocycles. The van der Waals surface area contributed by atoms with Crippen molar-refractivity contribution in [2.75, 3.05) is 0 Å².